The zero-order valence-corrected chi connectivity index (χ0v) is 11.8. The summed E-state index contributed by atoms with van der Waals surface area (Å²) in [4.78, 5) is 6.91. The summed E-state index contributed by atoms with van der Waals surface area (Å²) in [7, 11) is 0. The number of nitrogens with zero attached hydrogens (tertiary/aromatic N) is 2. The first-order valence-electron chi connectivity index (χ1n) is 6.95. The summed E-state index contributed by atoms with van der Waals surface area (Å²) < 4.78 is 0. The number of hydrogen-bond donors (Lipinski definition) is 0. The van der Waals surface area contributed by atoms with E-state index in [0.29, 0.717) is 6.04 Å². The number of benzene rings is 2. The number of hydrogen-bond acceptors (Lipinski definition) is 2. The van der Waals surface area contributed by atoms with Gasteiger partial charge in [0.25, 0.3) is 0 Å². The molecule has 1 aromatic heterocycles. The van der Waals surface area contributed by atoms with Crippen molar-refractivity contribution >= 4 is 22.3 Å². The number of para-hydroxylation sites is 1. The first kappa shape index (κ1) is 12.7. The van der Waals surface area contributed by atoms with Gasteiger partial charge in [-0.15, -0.1) is 0 Å². The zero-order chi connectivity index (χ0) is 13.9. The fourth-order valence-corrected chi connectivity index (χ4v) is 2.55. The van der Waals surface area contributed by atoms with Gasteiger partial charge in [0, 0.05) is 23.3 Å². The fraction of sp³-hybridized carbons (Fsp3) is 0.167. The van der Waals surface area contributed by atoms with E-state index in [0.717, 1.165) is 5.82 Å². The minimum absolute atomic E-state index is 0.343. The lowest BCUT2D eigenvalue weighted by atomic mass is 10.1. The molecule has 3 aromatic rings. The van der Waals surface area contributed by atoms with Crippen molar-refractivity contribution in [2.45, 2.75) is 19.9 Å². The standard InChI is InChI=1S/C18H18N2/c1-14(2)20(16-9-4-3-5-10-16)18-17-11-7-6-8-15(17)12-13-19-18/h3-14H,1-2H3. The monoisotopic (exact) mass is 262 g/mol. The van der Waals surface area contributed by atoms with E-state index in [-0.39, 0.29) is 0 Å². The second-order valence-corrected chi connectivity index (χ2v) is 5.15. The van der Waals surface area contributed by atoms with E-state index in [4.69, 9.17) is 0 Å². The molecule has 0 saturated heterocycles. The number of pyridine rings is 1. The SMILES string of the molecule is CC(C)N(c1ccccc1)c1nccc2ccccc12. The lowest BCUT2D eigenvalue weighted by Gasteiger charge is -2.29. The van der Waals surface area contributed by atoms with Gasteiger partial charge in [-0.1, -0.05) is 42.5 Å². The van der Waals surface area contributed by atoms with Crippen LogP contribution in [0.3, 0.4) is 0 Å². The van der Waals surface area contributed by atoms with Crippen molar-refractivity contribution in [1.29, 1.82) is 0 Å². The molecule has 2 nitrogen and oxygen atoms in total. The summed E-state index contributed by atoms with van der Waals surface area (Å²) in [5.41, 5.74) is 1.17. The van der Waals surface area contributed by atoms with Crippen LogP contribution in [0.25, 0.3) is 10.8 Å². The first-order chi connectivity index (χ1) is 9.77. The maximum Gasteiger partial charge on any atom is 0.141 e. The van der Waals surface area contributed by atoms with Crippen molar-refractivity contribution in [3.63, 3.8) is 0 Å². The van der Waals surface area contributed by atoms with Crippen LogP contribution < -0.4 is 4.90 Å². The molecule has 100 valence electrons. The normalized spacial score (nSPS) is 10.9. The Labute approximate surface area is 119 Å². The van der Waals surface area contributed by atoms with Gasteiger partial charge >= 0.3 is 0 Å². The molecule has 0 fully saturated rings. The molecule has 0 unspecified atom stereocenters. The van der Waals surface area contributed by atoms with Crippen molar-refractivity contribution in [2.24, 2.45) is 0 Å². The molecule has 0 bridgehead atoms. The third-order valence-electron chi connectivity index (χ3n) is 3.43. The highest BCUT2D eigenvalue weighted by molar-refractivity contribution is 5.93. The molecular weight excluding hydrogens is 244 g/mol. The molecular formula is C18H18N2. The lowest BCUT2D eigenvalue weighted by Crippen LogP contribution is -2.26. The molecule has 0 aliphatic carbocycles. The largest absolute Gasteiger partial charge is 0.323 e. The summed E-state index contributed by atoms with van der Waals surface area (Å²) in [6, 6.07) is 21.2. The Morgan fingerprint density at radius 2 is 1.55 bits per heavy atom. The number of rotatable bonds is 3. The maximum atomic E-state index is 4.63. The van der Waals surface area contributed by atoms with Crippen LogP contribution >= 0.6 is 0 Å². The van der Waals surface area contributed by atoms with E-state index < -0.39 is 0 Å². The molecule has 0 aliphatic heterocycles. The Bertz CT molecular complexity index is 699. The first-order valence-corrected chi connectivity index (χ1v) is 6.95. The van der Waals surface area contributed by atoms with Crippen LogP contribution in [0.15, 0.2) is 66.9 Å². The van der Waals surface area contributed by atoms with Gasteiger partial charge in [-0.25, -0.2) is 4.98 Å². The highest BCUT2D eigenvalue weighted by Gasteiger charge is 2.16. The third-order valence-corrected chi connectivity index (χ3v) is 3.43. The number of anilines is 2. The summed E-state index contributed by atoms with van der Waals surface area (Å²) in [5, 5.41) is 2.41. The van der Waals surface area contributed by atoms with Crippen molar-refractivity contribution in [1.82, 2.24) is 4.98 Å². The van der Waals surface area contributed by atoms with E-state index in [1.165, 1.54) is 16.5 Å². The van der Waals surface area contributed by atoms with Gasteiger partial charge in [-0.05, 0) is 37.4 Å². The third kappa shape index (κ3) is 2.25. The van der Waals surface area contributed by atoms with Gasteiger partial charge in [0.1, 0.15) is 5.82 Å². The van der Waals surface area contributed by atoms with Crippen LogP contribution in [-0.2, 0) is 0 Å². The average Bonchev–Trinajstić information content (AvgIpc) is 2.48. The Balaban J connectivity index is 2.21. The molecule has 3 rings (SSSR count). The van der Waals surface area contributed by atoms with Gasteiger partial charge in [0.05, 0.1) is 0 Å². The molecule has 0 N–H and O–H groups in total. The minimum Gasteiger partial charge on any atom is -0.323 e. The van der Waals surface area contributed by atoms with E-state index in [1.54, 1.807) is 0 Å². The zero-order valence-electron chi connectivity index (χ0n) is 11.8. The Morgan fingerprint density at radius 3 is 2.30 bits per heavy atom. The maximum absolute atomic E-state index is 4.63. The van der Waals surface area contributed by atoms with Crippen LogP contribution in [0, 0.1) is 0 Å². The molecule has 0 radical (unpaired) electrons. The van der Waals surface area contributed by atoms with Gasteiger partial charge in [-0.2, -0.15) is 0 Å². The minimum atomic E-state index is 0.343. The highest BCUT2D eigenvalue weighted by atomic mass is 15.2. The van der Waals surface area contributed by atoms with Crippen LogP contribution in [0.1, 0.15) is 13.8 Å². The van der Waals surface area contributed by atoms with E-state index in [2.05, 4.69) is 78.3 Å². The van der Waals surface area contributed by atoms with Crippen LogP contribution in [0.4, 0.5) is 11.5 Å². The van der Waals surface area contributed by atoms with Crippen LogP contribution in [-0.4, -0.2) is 11.0 Å². The van der Waals surface area contributed by atoms with Crippen molar-refractivity contribution in [3.8, 4) is 0 Å². The summed E-state index contributed by atoms with van der Waals surface area (Å²) in [6.45, 7) is 4.38. The van der Waals surface area contributed by atoms with E-state index in [1.807, 2.05) is 12.3 Å². The van der Waals surface area contributed by atoms with Gasteiger partial charge < -0.3 is 4.90 Å². The molecule has 2 aromatic carbocycles. The summed E-state index contributed by atoms with van der Waals surface area (Å²) in [5.74, 6) is 1.02. The molecule has 0 amide bonds. The Hall–Kier alpha value is -2.35. The molecule has 0 atom stereocenters. The van der Waals surface area contributed by atoms with Crippen molar-refractivity contribution in [2.75, 3.05) is 4.90 Å². The predicted octanol–water partition coefficient (Wildman–Crippen LogP) is 4.78. The average molecular weight is 262 g/mol. The number of fused-ring (bicyclic) bond motifs is 1. The molecule has 20 heavy (non-hydrogen) atoms. The van der Waals surface area contributed by atoms with E-state index in [9.17, 15) is 0 Å². The molecule has 0 aliphatic rings. The fourth-order valence-electron chi connectivity index (χ4n) is 2.55. The quantitative estimate of drug-likeness (QED) is 0.675. The topological polar surface area (TPSA) is 16.1 Å². The predicted molar refractivity (Wildman–Crippen MR) is 85.5 cm³/mol. The van der Waals surface area contributed by atoms with Crippen LogP contribution in [0.2, 0.25) is 0 Å². The van der Waals surface area contributed by atoms with Crippen molar-refractivity contribution in [3.05, 3.63) is 66.9 Å². The second-order valence-electron chi connectivity index (χ2n) is 5.15. The molecule has 1 heterocycles. The van der Waals surface area contributed by atoms with Gasteiger partial charge in [-0.3, -0.25) is 0 Å². The lowest BCUT2D eigenvalue weighted by molar-refractivity contribution is 0.781. The molecule has 2 heteroatoms. The highest BCUT2D eigenvalue weighted by Crippen LogP contribution is 2.31. The van der Waals surface area contributed by atoms with Gasteiger partial charge in [0.2, 0.25) is 0 Å². The van der Waals surface area contributed by atoms with E-state index >= 15 is 0 Å². The second kappa shape index (κ2) is 5.33. The molecule has 0 spiro atoms. The smallest absolute Gasteiger partial charge is 0.141 e. The Morgan fingerprint density at radius 1 is 0.850 bits per heavy atom. The van der Waals surface area contributed by atoms with Gasteiger partial charge in [0.15, 0.2) is 0 Å². The number of aromatic nitrogens is 1. The van der Waals surface area contributed by atoms with Crippen LogP contribution in [0.5, 0.6) is 0 Å². The summed E-state index contributed by atoms with van der Waals surface area (Å²) in [6.07, 6.45) is 1.88. The van der Waals surface area contributed by atoms with Crippen molar-refractivity contribution < 1.29 is 0 Å². The molecule has 0 saturated carbocycles. The Kier molecular flexibility index (Phi) is 3.38. The summed E-state index contributed by atoms with van der Waals surface area (Å²) >= 11 is 0.